The van der Waals surface area contributed by atoms with Crippen LogP contribution in [0, 0.1) is 0 Å². The number of azo groups is 1. The van der Waals surface area contributed by atoms with Crippen molar-refractivity contribution in [2.45, 2.75) is 13.3 Å². The van der Waals surface area contributed by atoms with Crippen molar-refractivity contribution in [3.05, 3.63) is 53.6 Å². The van der Waals surface area contributed by atoms with E-state index in [9.17, 15) is 9.90 Å². The van der Waals surface area contributed by atoms with Crippen molar-refractivity contribution in [2.75, 3.05) is 13.1 Å². The molecular formula is C17H20N4O2. The van der Waals surface area contributed by atoms with Crippen molar-refractivity contribution in [3.63, 3.8) is 0 Å². The van der Waals surface area contributed by atoms with E-state index >= 15 is 0 Å². The molecule has 0 saturated carbocycles. The van der Waals surface area contributed by atoms with Crippen molar-refractivity contribution >= 4 is 17.3 Å². The van der Waals surface area contributed by atoms with E-state index in [1.807, 2.05) is 13.0 Å². The van der Waals surface area contributed by atoms with Crippen LogP contribution in [0.1, 0.15) is 22.8 Å². The van der Waals surface area contributed by atoms with Gasteiger partial charge in [0.1, 0.15) is 11.4 Å². The summed E-state index contributed by atoms with van der Waals surface area (Å²) in [5.74, 6) is -0.0587. The number of rotatable bonds is 6. The fourth-order valence-corrected chi connectivity index (χ4v) is 2.02. The molecule has 2 rings (SSSR count). The van der Waals surface area contributed by atoms with Crippen molar-refractivity contribution in [3.8, 4) is 5.75 Å². The summed E-state index contributed by atoms with van der Waals surface area (Å²) < 4.78 is 0. The summed E-state index contributed by atoms with van der Waals surface area (Å²) in [6, 6.07) is 11.9. The third kappa shape index (κ3) is 4.62. The Bertz CT molecular complexity index is 696. The van der Waals surface area contributed by atoms with Gasteiger partial charge in [-0.15, -0.1) is 5.11 Å². The third-order valence-corrected chi connectivity index (χ3v) is 3.21. The fraction of sp³-hybridized carbons (Fsp3) is 0.235. The molecule has 0 aliphatic carbocycles. The minimum atomic E-state index is -0.122. The number of carbonyl (C=O) groups is 1. The zero-order valence-corrected chi connectivity index (χ0v) is 13.0. The highest BCUT2D eigenvalue weighted by Crippen LogP contribution is 2.29. The number of phenolic OH excluding ortho intramolecular Hbond substituents is 1. The van der Waals surface area contributed by atoms with E-state index in [1.165, 1.54) is 0 Å². The highest BCUT2D eigenvalue weighted by Gasteiger charge is 2.04. The molecular weight excluding hydrogens is 292 g/mol. The molecule has 1 amide bonds. The summed E-state index contributed by atoms with van der Waals surface area (Å²) in [5.41, 5.74) is 8.08. The fourth-order valence-electron chi connectivity index (χ4n) is 2.02. The molecule has 0 unspecified atom stereocenters. The molecule has 23 heavy (non-hydrogen) atoms. The number of carbonyl (C=O) groups excluding carboxylic acids is 1. The molecule has 6 heteroatoms. The Labute approximate surface area is 135 Å². The topological polar surface area (TPSA) is 100 Å². The van der Waals surface area contributed by atoms with E-state index in [1.54, 1.807) is 36.4 Å². The summed E-state index contributed by atoms with van der Waals surface area (Å²) in [6.45, 7) is 2.98. The number of benzene rings is 2. The Kier molecular flexibility index (Phi) is 5.82. The maximum atomic E-state index is 11.7. The second-order valence-electron chi connectivity index (χ2n) is 4.97. The quantitative estimate of drug-likeness (QED) is 0.715. The molecule has 2 aromatic carbocycles. The van der Waals surface area contributed by atoms with Gasteiger partial charge >= 0.3 is 0 Å². The van der Waals surface area contributed by atoms with E-state index in [4.69, 9.17) is 5.73 Å². The summed E-state index contributed by atoms with van der Waals surface area (Å²) >= 11 is 0. The molecule has 0 spiro atoms. The number of nitrogens with one attached hydrogen (secondary N) is 1. The van der Waals surface area contributed by atoms with Crippen molar-refractivity contribution in [1.29, 1.82) is 0 Å². The maximum Gasteiger partial charge on any atom is 0.251 e. The summed E-state index contributed by atoms with van der Waals surface area (Å²) in [7, 11) is 0. The first-order chi connectivity index (χ1) is 11.1. The molecule has 0 heterocycles. The van der Waals surface area contributed by atoms with Crippen LogP contribution in [0.3, 0.4) is 0 Å². The average Bonchev–Trinajstić information content (AvgIpc) is 2.56. The number of aromatic hydroxyl groups is 1. The number of nitrogens with two attached hydrogens (primary N) is 1. The molecule has 6 nitrogen and oxygen atoms in total. The Balaban J connectivity index is 2.14. The van der Waals surface area contributed by atoms with Gasteiger partial charge in [-0.05, 0) is 61.9 Å². The number of amides is 1. The second-order valence-corrected chi connectivity index (χ2v) is 4.97. The van der Waals surface area contributed by atoms with Gasteiger partial charge in [0.25, 0.3) is 5.91 Å². The molecule has 0 aliphatic heterocycles. The lowest BCUT2D eigenvalue weighted by atomic mass is 10.1. The van der Waals surface area contributed by atoms with Crippen molar-refractivity contribution in [1.82, 2.24) is 5.32 Å². The van der Waals surface area contributed by atoms with Gasteiger partial charge in [-0.1, -0.05) is 6.07 Å². The number of hydrogen-bond acceptors (Lipinski definition) is 5. The molecule has 2 aromatic rings. The lowest BCUT2D eigenvalue weighted by Crippen LogP contribution is -2.22. The van der Waals surface area contributed by atoms with E-state index in [2.05, 4.69) is 15.5 Å². The Morgan fingerprint density at radius 2 is 1.91 bits per heavy atom. The largest absolute Gasteiger partial charge is 0.506 e. The smallest absolute Gasteiger partial charge is 0.251 e. The predicted octanol–water partition coefficient (Wildman–Crippen LogP) is 3.06. The Hall–Kier alpha value is -2.73. The van der Waals surface area contributed by atoms with Crippen molar-refractivity contribution in [2.24, 2.45) is 16.0 Å². The summed E-state index contributed by atoms with van der Waals surface area (Å²) in [5, 5.41) is 20.7. The average molecular weight is 312 g/mol. The van der Waals surface area contributed by atoms with Gasteiger partial charge < -0.3 is 16.2 Å². The minimum Gasteiger partial charge on any atom is -0.506 e. The molecule has 0 aliphatic rings. The first-order valence-corrected chi connectivity index (χ1v) is 7.46. The summed E-state index contributed by atoms with van der Waals surface area (Å²) in [4.78, 5) is 11.7. The van der Waals surface area contributed by atoms with Gasteiger partial charge in [0, 0.05) is 12.1 Å². The normalized spacial score (nSPS) is 10.9. The number of phenols is 1. The molecule has 0 atom stereocenters. The number of hydrogen-bond donors (Lipinski definition) is 3. The van der Waals surface area contributed by atoms with Crippen LogP contribution in [0.2, 0.25) is 0 Å². The molecule has 4 N–H and O–H groups in total. The van der Waals surface area contributed by atoms with E-state index in [-0.39, 0.29) is 11.7 Å². The van der Waals surface area contributed by atoms with Crippen LogP contribution in [0.4, 0.5) is 11.4 Å². The van der Waals surface area contributed by atoms with Gasteiger partial charge in [-0.2, -0.15) is 5.11 Å². The summed E-state index contributed by atoms with van der Waals surface area (Å²) in [6.07, 6.45) is 0.712. The van der Waals surface area contributed by atoms with Gasteiger partial charge in [-0.25, -0.2) is 0 Å². The minimum absolute atomic E-state index is 0.0634. The van der Waals surface area contributed by atoms with Crippen molar-refractivity contribution < 1.29 is 9.90 Å². The van der Waals surface area contributed by atoms with Crippen LogP contribution in [0.5, 0.6) is 5.75 Å². The van der Waals surface area contributed by atoms with Crippen LogP contribution in [0.25, 0.3) is 0 Å². The van der Waals surface area contributed by atoms with Crippen LogP contribution in [-0.2, 0) is 6.42 Å². The lowest BCUT2D eigenvalue weighted by molar-refractivity contribution is 0.0956. The predicted molar refractivity (Wildman–Crippen MR) is 89.5 cm³/mol. The Morgan fingerprint density at radius 1 is 1.17 bits per heavy atom. The van der Waals surface area contributed by atoms with Gasteiger partial charge in [0.2, 0.25) is 0 Å². The highest BCUT2D eigenvalue weighted by atomic mass is 16.3. The lowest BCUT2D eigenvalue weighted by Gasteiger charge is -2.03. The molecule has 0 bridgehead atoms. The second kappa shape index (κ2) is 8.05. The van der Waals surface area contributed by atoms with Crippen LogP contribution in [-0.4, -0.2) is 24.1 Å². The van der Waals surface area contributed by atoms with E-state index < -0.39 is 0 Å². The van der Waals surface area contributed by atoms with Crippen LogP contribution < -0.4 is 11.1 Å². The van der Waals surface area contributed by atoms with Gasteiger partial charge in [-0.3, -0.25) is 4.79 Å². The molecule has 0 aromatic heterocycles. The SMILES string of the molecule is CCNC(=O)c1ccc(N=Nc2cc(CCN)ccc2O)cc1. The molecule has 0 radical (unpaired) electrons. The molecule has 120 valence electrons. The highest BCUT2D eigenvalue weighted by molar-refractivity contribution is 5.94. The molecule has 0 saturated heterocycles. The van der Waals surface area contributed by atoms with Gasteiger partial charge in [0.05, 0.1) is 5.69 Å². The first kappa shape index (κ1) is 16.6. The number of nitrogens with zero attached hydrogens (tertiary/aromatic N) is 2. The van der Waals surface area contributed by atoms with Crippen LogP contribution >= 0.6 is 0 Å². The zero-order valence-electron chi connectivity index (χ0n) is 13.0. The zero-order chi connectivity index (χ0) is 16.7. The first-order valence-electron chi connectivity index (χ1n) is 7.46. The Morgan fingerprint density at radius 3 is 2.57 bits per heavy atom. The van der Waals surface area contributed by atoms with Crippen LogP contribution in [0.15, 0.2) is 52.7 Å². The third-order valence-electron chi connectivity index (χ3n) is 3.21. The van der Waals surface area contributed by atoms with E-state index in [0.29, 0.717) is 36.4 Å². The molecule has 0 fully saturated rings. The maximum absolute atomic E-state index is 11.7. The van der Waals surface area contributed by atoms with Gasteiger partial charge in [0.15, 0.2) is 0 Å². The standard InChI is InChI=1S/C17H20N4O2/c1-2-19-17(23)13-4-6-14(7-5-13)20-21-15-11-12(9-10-18)3-8-16(15)22/h3-8,11,22H,2,9-10,18H2,1H3,(H,19,23). The monoisotopic (exact) mass is 312 g/mol. The van der Waals surface area contributed by atoms with E-state index in [0.717, 1.165) is 5.56 Å².